The second kappa shape index (κ2) is 5.74. The summed E-state index contributed by atoms with van der Waals surface area (Å²) in [7, 11) is 0. The molecule has 4 nitrogen and oxygen atoms in total. The molecule has 0 fully saturated rings. The van der Waals surface area contributed by atoms with Crippen molar-refractivity contribution in [1.82, 2.24) is 14.0 Å². The van der Waals surface area contributed by atoms with E-state index in [1.807, 2.05) is 24.3 Å². The molecule has 7 rings (SSSR count). The second-order valence-electron chi connectivity index (χ2n) is 7.48. The second-order valence-corrected chi connectivity index (χ2v) is 8.40. The smallest absolute Gasteiger partial charge is 0.220 e. The summed E-state index contributed by atoms with van der Waals surface area (Å²) < 4.78 is 11.6. The van der Waals surface area contributed by atoms with Crippen molar-refractivity contribution in [2.45, 2.75) is 0 Å². The zero-order valence-electron chi connectivity index (χ0n) is 15.7. The summed E-state index contributed by atoms with van der Waals surface area (Å²) in [5.74, 6) is 0.908. The van der Waals surface area contributed by atoms with Gasteiger partial charge >= 0.3 is 0 Å². The van der Waals surface area contributed by atoms with Gasteiger partial charge < -0.3 is 4.42 Å². The number of nitrogens with zero attached hydrogens (tertiary/aromatic N) is 3. The minimum absolute atomic E-state index is 0.882. The zero-order chi connectivity index (χ0) is 19.8. The Labute approximate surface area is 179 Å². The van der Waals surface area contributed by atoms with Gasteiger partial charge in [0.15, 0.2) is 0 Å². The fourth-order valence-electron chi connectivity index (χ4n) is 4.48. The number of imidazole rings is 2. The van der Waals surface area contributed by atoms with E-state index in [9.17, 15) is 0 Å². The monoisotopic (exact) mass is 451 g/mol. The molecule has 0 amide bonds. The van der Waals surface area contributed by atoms with Crippen LogP contribution in [0.15, 0.2) is 93.8 Å². The lowest BCUT2D eigenvalue weighted by Crippen LogP contribution is -1.94. The van der Waals surface area contributed by atoms with E-state index in [4.69, 9.17) is 9.40 Å². The quantitative estimate of drug-likeness (QED) is 0.267. The minimum atomic E-state index is 0.882. The Morgan fingerprint density at radius 1 is 0.700 bits per heavy atom. The molecule has 0 atom stereocenters. The van der Waals surface area contributed by atoms with Gasteiger partial charge in [-0.15, -0.1) is 0 Å². The van der Waals surface area contributed by atoms with Crippen LogP contribution in [0.25, 0.3) is 55.5 Å². The van der Waals surface area contributed by atoms with E-state index < -0.39 is 0 Å². The van der Waals surface area contributed by atoms with E-state index >= 15 is 0 Å². The Balaban J connectivity index is 1.63. The fourth-order valence-corrected chi connectivity index (χ4v) is 4.84. The Morgan fingerprint density at radius 2 is 1.40 bits per heavy atom. The first-order valence-electron chi connectivity index (χ1n) is 9.77. The fraction of sp³-hybridized carbons (Fsp3) is 0. The number of para-hydroxylation sites is 4. The first kappa shape index (κ1) is 16.3. The number of furan rings is 1. The van der Waals surface area contributed by atoms with Crippen molar-refractivity contribution in [3.05, 3.63) is 89.4 Å². The highest BCUT2D eigenvalue weighted by atomic mass is 79.9. The van der Waals surface area contributed by atoms with Gasteiger partial charge in [0, 0.05) is 15.2 Å². The molecule has 0 spiro atoms. The molecule has 0 bridgehead atoms. The van der Waals surface area contributed by atoms with E-state index in [-0.39, 0.29) is 0 Å². The molecule has 0 unspecified atom stereocenters. The average molecular weight is 452 g/mol. The van der Waals surface area contributed by atoms with Crippen LogP contribution in [0.4, 0.5) is 0 Å². The van der Waals surface area contributed by atoms with Crippen molar-refractivity contribution in [2.24, 2.45) is 0 Å². The summed E-state index contributed by atoms with van der Waals surface area (Å²) >= 11 is 3.58. The van der Waals surface area contributed by atoms with Gasteiger partial charge in [0.25, 0.3) is 0 Å². The molecular formula is C25H14BrN3O. The summed E-state index contributed by atoms with van der Waals surface area (Å²) in [6.07, 6.45) is 0. The van der Waals surface area contributed by atoms with Crippen molar-refractivity contribution in [2.75, 3.05) is 0 Å². The maximum atomic E-state index is 6.05. The highest BCUT2D eigenvalue weighted by molar-refractivity contribution is 9.10. The van der Waals surface area contributed by atoms with E-state index in [0.717, 1.165) is 59.9 Å². The lowest BCUT2D eigenvalue weighted by Gasteiger charge is -2.05. The molecule has 0 aliphatic heterocycles. The highest BCUT2D eigenvalue weighted by Gasteiger charge is 2.17. The molecule has 3 aromatic heterocycles. The summed E-state index contributed by atoms with van der Waals surface area (Å²) in [4.78, 5) is 4.97. The Hall–Kier alpha value is -3.57. The van der Waals surface area contributed by atoms with Crippen molar-refractivity contribution >= 4 is 65.7 Å². The molecule has 0 aliphatic rings. The SMILES string of the molecule is Brc1ccc2oc3ccc(-n4c5ccccc5n5c6ccccc6nc45)cc3c2c1. The third kappa shape index (κ3) is 2.07. The molecule has 0 saturated heterocycles. The van der Waals surface area contributed by atoms with Crippen molar-refractivity contribution in [3.63, 3.8) is 0 Å². The van der Waals surface area contributed by atoms with Crippen LogP contribution < -0.4 is 0 Å². The number of aromatic nitrogens is 3. The van der Waals surface area contributed by atoms with Crippen LogP contribution in [0.3, 0.4) is 0 Å². The predicted octanol–water partition coefficient (Wildman–Crippen LogP) is 7.09. The Bertz CT molecular complexity index is 1770. The molecule has 0 radical (unpaired) electrons. The van der Waals surface area contributed by atoms with E-state index in [1.54, 1.807) is 0 Å². The molecule has 0 aliphatic carbocycles. The van der Waals surface area contributed by atoms with Gasteiger partial charge in [-0.2, -0.15) is 0 Å². The van der Waals surface area contributed by atoms with Gasteiger partial charge in [0.1, 0.15) is 11.2 Å². The van der Waals surface area contributed by atoms with E-state index in [2.05, 4.69) is 85.6 Å². The Morgan fingerprint density at radius 3 is 2.27 bits per heavy atom. The van der Waals surface area contributed by atoms with Crippen LogP contribution in [0.1, 0.15) is 0 Å². The van der Waals surface area contributed by atoms with Gasteiger partial charge in [-0.1, -0.05) is 40.2 Å². The highest BCUT2D eigenvalue weighted by Crippen LogP contribution is 2.34. The predicted molar refractivity (Wildman–Crippen MR) is 125 cm³/mol. The third-order valence-electron chi connectivity index (χ3n) is 5.78. The normalized spacial score (nSPS) is 12.2. The number of benzene rings is 4. The molecular weight excluding hydrogens is 438 g/mol. The zero-order valence-corrected chi connectivity index (χ0v) is 17.3. The van der Waals surface area contributed by atoms with Crippen LogP contribution in [-0.4, -0.2) is 14.0 Å². The van der Waals surface area contributed by atoms with Gasteiger partial charge in [-0.05, 0) is 60.7 Å². The van der Waals surface area contributed by atoms with Crippen molar-refractivity contribution in [1.29, 1.82) is 0 Å². The van der Waals surface area contributed by atoms with Crippen LogP contribution >= 0.6 is 15.9 Å². The number of rotatable bonds is 1. The number of hydrogen-bond donors (Lipinski definition) is 0. The lowest BCUT2D eigenvalue weighted by atomic mass is 10.1. The first-order chi connectivity index (χ1) is 14.8. The van der Waals surface area contributed by atoms with E-state index in [1.165, 1.54) is 0 Å². The number of hydrogen-bond acceptors (Lipinski definition) is 2. The summed E-state index contributed by atoms with van der Waals surface area (Å²) in [6, 6.07) is 29.2. The molecule has 142 valence electrons. The van der Waals surface area contributed by atoms with Gasteiger partial charge in [0.2, 0.25) is 5.78 Å². The summed E-state index contributed by atoms with van der Waals surface area (Å²) in [5.41, 5.74) is 7.20. The average Bonchev–Trinajstić information content (AvgIpc) is 3.41. The topological polar surface area (TPSA) is 35.4 Å². The van der Waals surface area contributed by atoms with Crippen molar-refractivity contribution < 1.29 is 4.42 Å². The van der Waals surface area contributed by atoms with Crippen molar-refractivity contribution in [3.8, 4) is 5.69 Å². The van der Waals surface area contributed by atoms with Gasteiger partial charge in [0.05, 0.1) is 27.8 Å². The molecule has 4 aromatic carbocycles. The molecule has 0 N–H and O–H groups in total. The number of fused-ring (bicyclic) bond motifs is 8. The molecule has 30 heavy (non-hydrogen) atoms. The minimum Gasteiger partial charge on any atom is -0.456 e. The van der Waals surface area contributed by atoms with Crippen LogP contribution in [0.2, 0.25) is 0 Å². The lowest BCUT2D eigenvalue weighted by molar-refractivity contribution is 0.669. The van der Waals surface area contributed by atoms with E-state index in [0.29, 0.717) is 0 Å². The largest absolute Gasteiger partial charge is 0.456 e. The maximum absolute atomic E-state index is 6.05. The maximum Gasteiger partial charge on any atom is 0.220 e. The molecule has 5 heteroatoms. The first-order valence-corrected chi connectivity index (χ1v) is 10.6. The molecule has 7 aromatic rings. The Kier molecular flexibility index (Phi) is 3.11. The van der Waals surface area contributed by atoms with Crippen LogP contribution in [-0.2, 0) is 0 Å². The van der Waals surface area contributed by atoms with Gasteiger partial charge in [-0.25, -0.2) is 4.98 Å². The standard InChI is InChI=1S/C25H14BrN3O/c26-15-9-11-23-17(13-15)18-14-16(10-12-24(18)30-23)28-21-7-3-4-8-22(21)29-20-6-2-1-5-19(20)27-25(28)29/h1-14H. The summed E-state index contributed by atoms with van der Waals surface area (Å²) in [5, 5.41) is 2.19. The molecule has 3 heterocycles. The van der Waals surface area contributed by atoms with Crippen LogP contribution in [0.5, 0.6) is 0 Å². The summed E-state index contributed by atoms with van der Waals surface area (Å²) in [6.45, 7) is 0. The van der Waals surface area contributed by atoms with Gasteiger partial charge in [-0.3, -0.25) is 8.97 Å². The molecule has 0 saturated carbocycles. The van der Waals surface area contributed by atoms with Crippen LogP contribution in [0, 0.1) is 0 Å². The number of halogens is 1. The third-order valence-corrected chi connectivity index (χ3v) is 6.27.